The minimum atomic E-state index is -0.0846. The number of thioether (sulfide) groups is 1. The molecule has 1 aromatic heterocycles. The van der Waals surface area contributed by atoms with E-state index in [0.29, 0.717) is 22.6 Å². The number of carbonyl (C=O) groups excluding carboxylic acids is 1. The SMILES string of the molecule is C[C@H](NC(=O)CSc1nc2ccccc2c(=O)n1CCCN(C)C)c1ccccc1. The number of carbonyl (C=O) groups is 1. The smallest absolute Gasteiger partial charge is 0.262 e. The number of aromatic nitrogens is 2. The van der Waals surface area contributed by atoms with Gasteiger partial charge < -0.3 is 10.2 Å². The molecule has 3 rings (SSSR count). The van der Waals surface area contributed by atoms with Crippen LogP contribution in [0.15, 0.2) is 64.5 Å². The second-order valence-electron chi connectivity index (χ2n) is 7.51. The van der Waals surface area contributed by atoms with Crippen LogP contribution < -0.4 is 10.9 Å². The van der Waals surface area contributed by atoms with Crippen molar-refractivity contribution in [2.75, 3.05) is 26.4 Å². The van der Waals surface area contributed by atoms with E-state index in [4.69, 9.17) is 0 Å². The Labute approximate surface area is 181 Å². The molecule has 0 spiro atoms. The number of benzene rings is 2. The fourth-order valence-electron chi connectivity index (χ4n) is 3.24. The van der Waals surface area contributed by atoms with Gasteiger partial charge in [0.2, 0.25) is 5.91 Å². The van der Waals surface area contributed by atoms with Crippen molar-refractivity contribution < 1.29 is 4.79 Å². The fourth-order valence-corrected chi connectivity index (χ4v) is 4.07. The lowest BCUT2D eigenvalue weighted by molar-refractivity contribution is -0.119. The van der Waals surface area contributed by atoms with E-state index in [9.17, 15) is 9.59 Å². The molecule has 158 valence electrons. The zero-order valence-electron chi connectivity index (χ0n) is 17.7. The lowest BCUT2D eigenvalue weighted by Crippen LogP contribution is -2.29. The molecular formula is C23H28N4O2S. The van der Waals surface area contributed by atoms with E-state index < -0.39 is 0 Å². The van der Waals surface area contributed by atoms with Gasteiger partial charge in [0, 0.05) is 6.54 Å². The molecule has 0 radical (unpaired) electrons. The number of fused-ring (bicyclic) bond motifs is 1. The van der Waals surface area contributed by atoms with Crippen molar-refractivity contribution in [3.05, 3.63) is 70.5 Å². The van der Waals surface area contributed by atoms with Gasteiger partial charge in [-0.05, 0) is 51.7 Å². The molecule has 0 saturated carbocycles. The number of hydrogen-bond donors (Lipinski definition) is 1. The quantitative estimate of drug-likeness (QED) is 0.422. The third kappa shape index (κ3) is 5.70. The van der Waals surface area contributed by atoms with Gasteiger partial charge >= 0.3 is 0 Å². The monoisotopic (exact) mass is 424 g/mol. The Morgan fingerprint density at radius 1 is 1.13 bits per heavy atom. The first-order valence-electron chi connectivity index (χ1n) is 10.1. The van der Waals surface area contributed by atoms with E-state index in [-0.39, 0.29) is 23.3 Å². The summed E-state index contributed by atoms with van der Waals surface area (Å²) in [5.41, 5.74) is 1.66. The number of hydrogen-bond acceptors (Lipinski definition) is 5. The Kier molecular flexibility index (Phi) is 7.65. The van der Waals surface area contributed by atoms with Crippen LogP contribution in [0.1, 0.15) is 24.9 Å². The topological polar surface area (TPSA) is 67.2 Å². The van der Waals surface area contributed by atoms with Gasteiger partial charge in [-0.2, -0.15) is 0 Å². The summed E-state index contributed by atoms with van der Waals surface area (Å²) in [5.74, 6) is 0.119. The molecule has 1 amide bonds. The van der Waals surface area contributed by atoms with Crippen molar-refractivity contribution in [2.45, 2.75) is 31.1 Å². The highest BCUT2D eigenvalue weighted by Gasteiger charge is 2.15. The highest BCUT2D eigenvalue weighted by Crippen LogP contribution is 2.19. The molecule has 2 aromatic carbocycles. The van der Waals surface area contributed by atoms with Crippen LogP contribution in [0.2, 0.25) is 0 Å². The summed E-state index contributed by atoms with van der Waals surface area (Å²) in [6, 6.07) is 17.1. The average Bonchev–Trinajstić information content (AvgIpc) is 2.74. The predicted molar refractivity (Wildman–Crippen MR) is 123 cm³/mol. The summed E-state index contributed by atoms with van der Waals surface area (Å²) >= 11 is 1.31. The summed E-state index contributed by atoms with van der Waals surface area (Å²) < 4.78 is 1.70. The van der Waals surface area contributed by atoms with Gasteiger partial charge in [-0.1, -0.05) is 54.2 Å². The molecule has 0 bridgehead atoms. The van der Waals surface area contributed by atoms with Crippen LogP contribution in [0.3, 0.4) is 0 Å². The summed E-state index contributed by atoms with van der Waals surface area (Å²) in [4.78, 5) is 32.3. The fraction of sp³-hybridized carbons (Fsp3) is 0.348. The number of para-hydroxylation sites is 1. The van der Waals surface area contributed by atoms with Crippen molar-refractivity contribution in [2.24, 2.45) is 0 Å². The first kappa shape index (κ1) is 22.1. The van der Waals surface area contributed by atoms with E-state index in [1.165, 1.54) is 11.8 Å². The summed E-state index contributed by atoms with van der Waals surface area (Å²) in [6.07, 6.45) is 0.831. The van der Waals surface area contributed by atoms with E-state index in [1.807, 2.05) is 69.6 Å². The van der Waals surface area contributed by atoms with Crippen molar-refractivity contribution in [1.82, 2.24) is 19.8 Å². The molecule has 1 atom stereocenters. The molecule has 30 heavy (non-hydrogen) atoms. The molecule has 6 nitrogen and oxygen atoms in total. The molecule has 0 fully saturated rings. The van der Waals surface area contributed by atoms with Gasteiger partial charge in [0.15, 0.2) is 5.16 Å². The van der Waals surface area contributed by atoms with Crippen molar-refractivity contribution >= 4 is 28.6 Å². The summed E-state index contributed by atoms with van der Waals surface area (Å²) in [5, 5.41) is 4.20. The lowest BCUT2D eigenvalue weighted by atomic mass is 10.1. The molecular weight excluding hydrogens is 396 g/mol. The van der Waals surface area contributed by atoms with Crippen molar-refractivity contribution in [3.8, 4) is 0 Å². The predicted octanol–water partition coefficient (Wildman–Crippen LogP) is 3.32. The third-order valence-corrected chi connectivity index (χ3v) is 5.80. The van der Waals surface area contributed by atoms with Crippen LogP contribution in [0, 0.1) is 0 Å². The van der Waals surface area contributed by atoms with Gasteiger partial charge in [-0.25, -0.2) is 4.98 Å². The van der Waals surface area contributed by atoms with E-state index >= 15 is 0 Å². The summed E-state index contributed by atoms with van der Waals surface area (Å²) in [6.45, 7) is 3.40. The molecule has 0 saturated heterocycles. The van der Waals surface area contributed by atoms with E-state index in [2.05, 4.69) is 15.2 Å². The maximum atomic E-state index is 13.0. The average molecular weight is 425 g/mol. The third-order valence-electron chi connectivity index (χ3n) is 4.82. The second-order valence-corrected chi connectivity index (χ2v) is 8.46. The number of nitrogens with zero attached hydrogens (tertiary/aromatic N) is 3. The van der Waals surface area contributed by atoms with Crippen LogP contribution in [-0.2, 0) is 11.3 Å². The first-order chi connectivity index (χ1) is 14.5. The van der Waals surface area contributed by atoms with Crippen LogP contribution in [0.25, 0.3) is 10.9 Å². The lowest BCUT2D eigenvalue weighted by Gasteiger charge is -2.16. The molecule has 1 N–H and O–H groups in total. The Balaban J connectivity index is 1.75. The second kappa shape index (κ2) is 10.4. The largest absolute Gasteiger partial charge is 0.349 e. The zero-order valence-corrected chi connectivity index (χ0v) is 18.5. The van der Waals surface area contributed by atoms with Gasteiger partial charge in [0.25, 0.3) is 5.56 Å². The minimum Gasteiger partial charge on any atom is -0.349 e. The molecule has 0 aliphatic carbocycles. The molecule has 0 aliphatic heterocycles. The number of nitrogens with one attached hydrogen (secondary N) is 1. The maximum absolute atomic E-state index is 13.0. The van der Waals surface area contributed by atoms with E-state index in [0.717, 1.165) is 18.5 Å². The van der Waals surface area contributed by atoms with Gasteiger partial charge in [0.05, 0.1) is 22.7 Å². The van der Waals surface area contributed by atoms with Crippen molar-refractivity contribution in [3.63, 3.8) is 0 Å². The molecule has 1 heterocycles. The van der Waals surface area contributed by atoms with Gasteiger partial charge in [0.1, 0.15) is 0 Å². The normalized spacial score (nSPS) is 12.3. The standard InChI is InChI=1S/C23H28N4O2S/c1-17(18-10-5-4-6-11-18)24-21(28)16-30-23-25-20-13-8-7-12-19(20)22(29)27(23)15-9-14-26(2)3/h4-8,10-13,17H,9,14-16H2,1-3H3,(H,24,28)/t17-/m0/s1. The highest BCUT2D eigenvalue weighted by atomic mass is 32.2. The number of amides is 1. The maximum Gasteiger partial charge on any atom is 0.262 e. The first-order valence-corrected chi connectivity index (χ1v) is 11.1. The van der Waals surface area contributed by atoms with Crippen molar-refractivity contribution in [1.29, 1.82) is 0 Å². The Morgan fingerprint density at radius 2 is 1.83 bits per heavy atom. The molecule has 0 aliphatic rings. The van der Waals surface area contributed by atoms with Crippen LogP contribution >= 0.6 is 11.8 Å². The van der Waals surface area contributed by atoms with Crippen LogP contribution in [0.4, 0.5) is 0 Å². The summed E-state index contributed by atoms with van der Waals surface area (Å²) in [7, 11) is 4.02. The highest BCUT2D eigenvalue weighted by molar-refractivity contribution is 7.99. The Bertz CT molecular complexity index is 1050. The molecule has 3 aromatic rings. The number of rotatable bonds is 9. The van der Waals surface area contributed by atoms with Gasteiger partial charge in [-0.15, -0.1) is 0 Å². The molecule has 7 heteroatoms. The van der Waals surface area contributed by atoms with Crippen LogP contribution in [0.5, 0.6) is 0 Å². The zero-order chi connectivity index (χ0) is 21.5. The Morgan fingerprint density at radius 3 is 2.57 bits per heavy atom. The molecule has 0 unspecified atom stereocenters. The minimum absolute atomic E-state index is 0.0556. The van der Waals surface area contributed by atoms with E-state index in [1.54, 1.807) is 10.6 Å². The van der Waals surface area contributed by atoms with Gasteiger partial charge in [-0.3, -0.25) is 14.2 Å². The Hall–Kier alpha value is -2.64. The van der Waals surface area contributed by atoms with Crippen LogP contribution in [-0.4, -0.2) is 46.8 Å².